The summed E-state index contributed by atoms with van der Waals surface area (Å²) >= 11 is 0. The van der Waals surface area contributed by atoms with E-state index in [0.717, 1.165) is 32.7 Å². The Kier molecular flexibility index (Phi) is 2.51. The van der Waals surface area contributed by atoms with Gasteiger partial charge in [-0.2, -0.15) is 0 Å². The maximum atomic E-state index is 10.4. The Morgan fingerprint density at radius 2 is 2.31 bits per heavy atom. The molecule has 0 radical (unpaired) electrons. The number of aliphatic carboxylic acids is 1. The summed E-state index contributed by atoms with van der Waals surface area (Å²) < 4.78 is 5.27. The van der Waals surface area contributed by atoms with Crippen LogP contribution in [-0.4, -0.2) is 48.3 Å². The summed E-state index contributed by atoms with van der Waals surface area (Å²) in [5.74, 6) is -0.301. The van der Waals surface area contributed by atoms with Crippen LogP contribution in [0.4, 0.5) is 0 Å². The van der Waals surface area contributed by atoms with E-state index in [2.05, 4.69) is 4.90 Å². The Labute approximate surface area is 77.5 Å². The number of carbonyl (C=O) groups is 1. The quantitative estimate of drug-likeness (QED) is 0.681. The second-order valence-corrected chi connectivity index (χ2v) is 3.94. The van der Waals surface area contributed by atoms with Crippen LogP contribution in [-0.2, 0) is 9.53 Å². The second-order valence-electron chi connectivity index (χ2n) is 3.94. The predicted molar refractivity (Wildman–Crippen MR) is 46.5 cm³/mol. The van der Waals surface area contributed by atoms with E-state index in [9.17, 15) is 4.79 Å². The fraction of sp³-hybridized carbons (Fsp3) is 0.889. The molecule has 0 saturated carbocycles. The number of hydrogen-bond acceptors (Lipinski definition) is 3. The number of nitrogens with zero attached hydrogens (tertiary/aromatic N) is 1. The highest BCUT2D eigenvalue weighted by Crippen LogP contribution is 2.25. The van der Waals surface area contributed by atoms with Crippen molar-refractivity contribution >= 4 is 5.97 Å². The first-order chi connectivity index (χ1) is 6.25. The molecule has 0 bridgehead atoms. The molecule has 0 aromatic rings. The van der Waals surface area contributed by atoms with Gasteiger partial charge < -0.3 is 9.84 Å². The lowest BCUT2D eigenvalue weighted by atomic mass is 9.94. The van der Waals surface area contributed by atoms with Gasteiger partial charge >= 0.3 is 5.97 Å². The molecule has 0 spiro atoms. The molecule has 2 aliphatic heterocycles. The summed E-state index contributed by atoms with van der Waals surface area (Å²) in [7, 11) is 0. The van der Waals surface area contributed by atoms with Gasteiger partial charge in [-0.05, 0) is 12.3 Å². The summed E-state index contributed by atoms with van der Waals surface area (Å²) in [6, 6.07) is 0.560. The van der Waals surface area contributed by atoms with Crippen molar-refractivity contribution in [2.45, 2.75) is 18.9 Å². The average molecular weight is 185 g/mol. The molecule has 2 rings (SSSR count). The van der Waals surface area contributed by atoms with Gasteiger partial charge in [-0.15, -0.1) is 0 Å². The van der Waals surface area contributed by atoms with Crippen LogP contribution in [0.1, 0.15) is 12.8 Å². The molecule has 0 aliphatic carbocycles. The molecule has 74 valence electrons. The third-order valence-electron chi connectivity index (χ3n) is 2.87. The zero-order valence-corrected chi connectivity index (χ0v) is 7.61. The van der Waals surface area contributed by atoms with Gasteiger partial charge in [0.2, 0.25) is 0 Å². The van der Waals surface area contributed by atoms with Crippen molar-refractivity contribution in [3.05, 3.63) is 0 Å². The summed E-state index contributed by atoms with van der Waals surface area (Å²) in [5, 5.41) is 8.56. The molecule has 4 nitrogen and oxygen atoms in total. The molecule has 13 heavy (non-hydrogen) atoms. The van der Waals surface area contributed by atoms with E-state index in [0.29, 0.717) is 18.4 Å². The lowest BCUT2D eigenvalue weighted by Gasteiger charge is -2.42. The highest BCUT2D eigenvalue weighted by Gasteiger charge is 2.34. The van der Waals surface area contributed by atoms with Crippen molar-refractivity contribution in [1.82, 2.24) is 4.90 Å². The molecule has 2 fully saturated rings. The van der Waals surface area contributed by atoms with E-state index >= 15 is 0 Å². The average Bonchev–Trinajstić information content (AvgIpc) is 2.46. The Hall–Kier alpha value is -0.610. The van der Waals surface area contributed by atoms with E-state index in [1.807, 2.05) is 0 Å². The first kappa shape index (κ1) is 8.97. The monoisotopic (exact) mass is 185 g/mol. The van der Waals surface area contributed by atoms with Crippen molar-refractivity contribution in [2.75, 3.05) is 26.3 Å². The van der Waals surface area contributed by atoms with Crippen molar-refractivity contribution < 1.29 is 14.6 Å². The Bertz CT molecular complexity index is 195. The summed E-state index contributed by atoms with van der Waals surface area (Å²) in [6.45, 7) is 3.59. The van der Waals surface area contributed by atoms with Gasteiger partial charge in [-0.25, -0.2) is 0 Å². The molecule has 0 amide bonds. The smallest absolute Gasteiger partial charge is 0.303 e. The van der Waals surface area contributed by atoms with Gasteiger partial charge in [0.25, 0.3) is 0 Å². The Balaban J connectivity index is 1.68. The van der Waals surface area contributed by atoms with Gasteiger partial charge in [-0.3, -0.25) is 9.69 Å². The van der Waals surface area contributed by atoms with Crippen molar-refractivity contribution in [1.29, 1.82) is 0 Å². The molecular formula is C9H15NO3. The largest absolute Gasteiger partial charge is 0.481 e. The Morgan fingerprint density at radius 3 is 2.85 bits per heavy atom. The van der Waals surface area contributed by atoms with Gasteiger partial charge in [0.15, 0.2) is 0 Å². The summed E-state index contributed by atoms with van der Waals surface area (Å²) in [4.78, 5) is 12.7. The van der Waals surface area contributed by atoms with Crippen LogP contribution in [0.25, 0.3) is 0 Å². The zero-order chi connectivity index (χ0) is 9.26. The van der Waals surface area contributed by atoms with Crippen LogP contribution >= 0.6 is 0 Å². The fourth-order valence-electron chi connectivity index (χ4n) is 2.09. The van der Waals surface area contributed by atoms with E-state index < -0.39 is 5.97 Å². The van der Waals surface area contributed by atoms with Crippen LogP contribution in [0.2, 0.25) is 0 Å². The van der Waals surface area contributed by atoms with E-state index in [1.54, 1.807) is 0 Å². The molecule has 2 aliphatic rings. The van der Waals surface area contributed by atoms with E-state index in [-0.39, 0.29) is 0 Å². The number of rotatable bonds is 3. The highest BCUT2D eigenvalue weighted by molar-refractivity contribution is 5.67. The normalized spacial score (nSPS) is 30.3. The molecule has 2 saturated heterocycles. The minimum absolute atomic E-state index is 0.323. The topological polar surface area (TPSA) is 49.8 Å². The van der Waals surface area contributed by atoms with E-state index in [4.69, 9.17) is 9.84 Å². The zero-order valence-electron chi connectivity index (χ0n) is 7.61. The van der Waals surface area contributed by atoms with E-state index in [1.165, 1.54) is 0 Å². The number of carboxylic acid groups (broad SMARTS) is 1. The van der Waals surface area contributed by atoms with Gasteiger partial charge in [0, 0.05) is 25.7 Å². The van der Waals surface area contributed by atoms with Crippen LogP contribution in [0.5, 0.6) is 0 Å². The summed E-state index contributed by atoms with van der Waals surface area (Å²) in [6.07, 6.45) is 1.43. The second kappa shape index (κ2) is 3.64. The number of likely N-dealkylation sites (tertiary alicyclic amines) is 1. The first-order valence-corrected chi connectivity index (χ1v) is 4.79. The first-order valence-electron chi connectivity index (χ1n) is 4.79. The van der Waals surface area contributed by atoms with Crippen LogP contribution in [0.3, 0.4) is 0 Å². The number of carboxylic acids is 1. The molecule has 1 atom stereocenters. The van der Waals surface area contributed by atoms with Crippen LogP contribution in [0.15, 0.2) is 0 Å². The fourth-order valence-corrected chi connectivity index (χ4v) is 2.09. The van der Waals surface area contributed by atoms with Crippen molar-refractivity contribution in [3.8, 4) is 0 Å². The standard InChI is InChI=1S/C9H15NO3/c11-9(12)3-7-4-10(5-7)8-1-2-13-6-8/h7-8H,1-6H2,(H,11,12). The third-order valence-corrected chi connectivity index (χ3v) is 2.87. The summed E-state index contributed by atoms with van der Waals surface area (Å²) in [5.41, 5.74) is 0. The molecular weight excluding hydrogens is 170 g/mol. The van der Waals surface area contributed by atoms with Crippen molar-refractivity contribution in [2.24, 2.45) is 5.92 Å². The van der Waals surface area contributed by atoms with Gasteiger partial charge in [-0.1, -0.05) is 0 Å². The maximum Gasteiger partial charge on any atom is 0.303 e. The van der Waals surface area contributed by atoms with Gasteiger partial charge in [0.1, 0.15) is 0 Å². The minimum Gasteiger partial charge on any atom is -0.481 e. The molecule has 2 heterocycles. The lowest BCUT2D eigenvalue weighted by Crippen LogP contribution is -2.52. The molecule has 1 unspecified atom stereocenters. The Morgan fingerprint density at radius 1 is 1.54 bits per heavy atom. The molecule has 0 aromatic carbocycles. The van der Waals surface area contributed by atoms with Crippen LogP contribution < -0.4 is 0 Å². The molecule has 1 N–H and O–H groups in total. The van der Waals surface area contributed by atoms with Crippen molar-refractivity contribution in [3.63, 3.8) is 0 Å². The van der Waals surface area contributed by atoms with Gasteiger partial charge in [0.05, 0.1) is 13.0 Å². The SMILES string of the molecule is O=C(O)CC1CN(C2CCOC2)C1. The predicted octanol–water partition coefficient (Wildman–Crippen LogP) is 0.182. The third kappa shape index (κ3) is 2.00. The molecule has 0 aromatic heterocycles. The number of ether oxygens (including phenoxy) is 1. The van der Waals surface area contributed by atoms with Crippen LogP contribution in [0, 0.1) is 5.92 Å². The minimum atomic E-state index is -0.674. The lowest BCUT2D eigenvalue weighted by molar-refractivity contribution is -0.139. The number of hydrogen-bond donors (Lipinski definition) is 1. The maximum absolute atomic E-state index is 10.4. The molecule has 4 heteroatoms. The highest BCUT2D eigenvalue weighted by atomic mass is 16.5.